The molecule has 1 aliphatic rings. The largest absolute Gasteiger partial charge is 0.508 e. The molecule has 3 rings (SSSR count). The number of nitrogens with zero attached hydrogens (tertiary/aromatic N) is 1. The van der Waals surface area contributed by atoms with E-state index >= 15 is 0 Å². The van der Waals surface area contributed by atoms with E-state index in [-0.39, 0.29) is 11.7 Å². The van der Waals surface area contributed by atoms with E-state index < -0.39 is 12.1 Å². The third-order valence-electron chi connectivity index (χ3n) is 5.14. The lowest BCUT2D eigenvalue weighted by Gasteiger charge is -2.26. The number of hydrogen-bond acceptors (Lipinski definition) is 4. The maximum atomic E-state index is 12.5. The lowest BCUT2D eigenvalue weighted by atomic mass is 10.0. The molecule has 1 saturated heterocycles. The molecule has 5 nitrogen and oxygen atoms in total. The number of aliphatic hydroxyl groups is 1. The Bertz CT molecular complexity index is 737. The molecule has 1 amide bonds. The second-order valence-electron chi connectivity index (χ2n) is 7.33. The summed E-state index contributed by atoms with van der Waals surface area (Å²) in [6.45, 7) is 4.99. The Morgan fingerprint density at radius 1 is 1.04 bits per heavy atom. The highest BCUT2D eigenvalue weighted by Gasteiger charge is 2.19. The molecule has 3 N–H and O–H groups in total. The minimum absolute atomic E-state index is 0.146. The van der Waals surface area contributed by atoms with Gasteiger partial charge in [0.1, 0.15) is 5.75 Å². The van der Waals surface area contributed by atoms with Crippen molar-refractivity contribution >= 4 is 5.91 Å². The highest BCUT2D eigenvalue weighted by atomic mass is 16.3. The topological polar surface area (TPSA) is 72.8 Å². The summed E-state index contributed by atoms with van der Waals surface area (Å²) in [5.41, 5.74) is 2.45. The zero-order chi connectivity index (χ0) is 19.2. The highest BCUT2D eigenvalue weighted by Crippen LogP contribution is 2.20. The first-order chi connectivity index (χ1) is 13.0. The summed E-state index contributed by atoms with van der Waals surface area (Å²) in [6.07, 6.45) is 3.01. The van der Waals surface area contributed by atoms with Crippen LogP contribution in [0, 0.1) is 0 Å². The van der Waals surface area contributed by atoms with Crippen LogP contribution < -0.4 is 5.32 Å². The van der Waals surface area contributed by atoms with Gasteiger partial charge >= 0.3 is 0 Å². The van der Waals surface area contributed by atoms with E-state index in [0.717, 1.165) is 19.6 Å². The summed E-state index contributed by atoms with van der Waals surface area (Å²) >= 11 is 0. The Morgan fingerprint density at radius 3 is 2.30 bits per heavy atom. The zero-order valence-corrected chi connectivity index (χ0v) is 15.8. The molecule has 2 aromatic rings. The molecule has 0 radical (unpaired) electrons. The second-order valence-corrected chi connectivity index (χ2v) is 7.33. The molecule has 2 aromatic carbocycles. The van der Waals surface area contributed by atoms with E-state index in [1.165, 1.54) is 37.0 Å². The highest BCUT2D eigenvalue weighted by molar-refractivity contribution is 5.94. The molecule has 0 saturated carbocycles. The first-order valence-corrected chi connectivity index (χ1v) is 9.62. The van der Waals surface area contributed by atoms with Crippen LogP contribution in [0.15, 0.2) is 48.5 Å². The Hall–Kier alpha value is -2.37. The molecule has 27 heavy (non-hydrogen) atoms. The molecule has 5 heteroatoms. The van der Waals surface area contributed by atoms with Crippen LogP contribution in [0.5, 0.6) is 5.75 Å². The molecular formula is C22H28N2O3. The van der Waals surface area contributed by atoms with Crippen LogP contribution in [0.25, 0.3) is 0 Å². The van der Waals surface area contributed by atoms with E-state index in [1.807, 2.05) is 24.3 Å². The van der Waals surface area contributed by atoms with Crippen molar-refractivity contribution in [1.82, 2.24) is 10.2 Å². The minimum atomic E-state index is -0.840. The van der Waals surface area contributed by atoms with Crippen LogP contribution in [0.3, 0.4) is 0 Å². The number of hydrogen-bond donors (Lipinski definition) is 3. The number of phenolic OH excluding ortho intramolecular Hbond substituents is 1. The third kappa shape index (κ3) is 5.31. The Kier molecular flexibility index (Phi) is 6.48. The third-order valence-corrected chi connectivity index (χ3v) is 5.14. The Labute approximate surface area is 160 Å². The molecule has 144 valence electrons. The normalized spacial score (nSPS) is 17.3. The summed E-state index contributed by atoms with van der Waals surface area (Å²) in [4.78, 5) is 14.9. The number of benzene rings is 2. The van der Waals surface area contributed by atoms with Crippen molar-refractivity contribution in [2.45, 2.75) is 44.9 Å². The lowest BCUT2D eigenvalue weighted by Crippen LogP contribution is -2.37. The number of amides is 1. The van der Waals surface area contributed by atoms with Gasteiger partial charge in [0, 0.05) is 12.1 Å². The van der Waals surface area contributed by atoms with Crippen LogP contribution in [-0.4, -0.2) is 40.2 Å². The summed E-state index contributed by atoms with van der Waals surface area (Å²) in [5.74, 6) is -0.0582. The van der Waals surface area contributed by atoms with Gasteiger partial charge in [0.05, 0.1) is 12.1 Å². The number of rotatable bonds is 6. The molecule has 0 spiro atoms. The Balaban J connectivity index is 1.55. The smallest absolute Gasteiger partial charge is 0.251 e. The van der Waals surface area contributed by atoms with Gasteiger partial charge in [-0.05, 0) is 68.2 Å². The number of aromatic hydroxyl groups is 1. The average Bonchev–Trinajstić information content (AvgIpc) is 2.69. The number of carbonyl (C=O) groups is 1. The van der Waals surface area contributed by atoms with Crippen LogP contribution in [-0.2, 0) is 6.54 Å². The van der Waals surface area contributed by atoms with Gasteiger partial charge in [-0.25, -0.2) is 0 Å². The van der Waals surface area contributed by atoms with Gasteiger partial charge in [-0.1, -0.05) is 30.7 Å². The van der Waals surface area contributed by atoms with Crippen LogP contribution in [0.1, 0.15) is 53.8 Å². The number of aliphatic hydroxyl groups excluding tert-OH is 1. The fourth-order valence-electron chi connectivity index (χ4n) is 3.47. The van der Waals surface area contributed by atoms with Crippen LogP contribution in [0.2, 0.25) is 0 Å². The summed E-state index contributed by atoms with van der Waals surface area (Å²) in [7, 11) is 0. The van der Waals surface area contributed by atoms with Crippen LogP contribution >= 0.6 is 0 Å². The van der Waals surface area contributed by atoms with E-state index in [1.54, 1.807) is 19.1 Å². The standard InChI is InChI=1S/C22H28N2O3/c1-16(21(26)18-9-11-20(25)12-10-18)23-22(27)19-7-5-17(6-8-19)15-24-13-3-2-4-14-24/h5-12,16,21,25-26H,2-4,13-15H2,1H3,(H,23,27)/t16-,21-/m1/s1. The maximum absolute atomic E-state index is 12.5. The summed E-state index contributed by atoms with van der Waals surface area (Å²) < 4.78 is 0. The van der Waals surface area contributed by atoms with Gasteiger partial charge < -0.3 is 15.5 Å². The first kappa shape index (κ1) is 19.4. The molecule has 0 unspecified atom stereocenters. The van der Waals surface area contributed by atoms with Gasteiger partial charge in [0.25, 0.3) is 5.91 Å². The first-order valence-electron chi connectivity index (χ1n) is 9.62. The van der Waals surface area contributed by atoms with E-state index in [9.17, 15) is 15.0 Å². The summed E-state index contributed by atoms with van der Waals surface area (Å²) in [5, 5.41) is 22.6. The van der Waals surface area contributed by atoms with E-state index in [4.69, 9.17) is 0 Å². The van der Waals surface area contributed by atoms with Crippen molar-refractivity contribution in [2.75, 3.05) is 13.1 Å². The van der Waals surface area contributed by atoms with Crippen molar-refractivity contribution in [1.29, 1.82) is 0 Å². The van der Waals surface area contributed by atoms with Crippen molar-refractivity contribution < 1.29 is 15.0 Å². The molecule has 2 atom stereocenters. The van der Waals surface area contributed by atoms with Crippen molar-refractivity contribution in [2.24, 2.45) is 0 Å². The minimum Gasteiger partial charge on any atom is -0.508 e. The van der Waals surface area contributed by atoms with E-state index in [0.29, 0.717) is 11.1 Å². The van der Waals surface area contributed by atoms with E-state index in [2.05, 4.69) is 10.2 Å². The average molecular weight is 368 g/mol. The van der Waals surface area contributed by atoms with Gasteiger partial charge in [-0.15, -0.1) is 0 Å². The van der Waals surface area contributed by atoms with Crippen molar-refractivity contribution in [3.63, 3.8) is 0 Å². The molecular weight excluding hydrogens is 340 g/mol. The van der Waals surface area contributed by atoms with Gasteiger partial charge in [0.2, 0.25) is 0 Å². The van der Waals surface area contributed by atoms with Crippen molar-refractivity contribution in [3.05, 3.63) is 65.2 Å². The predicted molar refractivity (Wildman–Crippen MR) is 106 cm³/mol. The van der Waals surface area contributed by atoms with Gasteiger partial charge in [-0.2, -0.15) is 0 Å². The van der Waals surface area contributed by atoms with Gasteiger partial charge in [0.15, 0.2) is 0 Å². The number of piperidine rings is 1. The maximum Gasteiger partial charge on any atom is 0.251 e. The molecule has 1 heterocycles. The fourth-order valence-corrected chi connectivity index (χ4v) is 3.47. The molecule has 0 bridgehead atoms. The molecule has 1 aliphatic heterocycles. The predicted octanol–water partition coefficient (Wildman–Crippen LogP) is 3.23. The van der Waals surface area contributed by atoms with Gasteiger partial charge in [-0.3, -0.25) is 9.69 Å². The van der Waals surface area contributed by atoms with Crippen molar-refractivity contribution in [3.8, 4) is 5.75 Å². The fraction of sp³-hybridized carbons (Fsp3) is 0.409. The Morgan fingerprint density at radius 2 is 1.67 bits per heavy atom. The SMILES string of the molecule is C[C@@H](NC(=O)c1ccc(CN2CCCCC2)cc1)[C@@H](O)c1ccc(O)cc1. The molecule has 1 fully saturated rings. The van der Waals surface area contributed by atoms with Crippen LogP contribution in [0.4, 0.5) is 0 Å². The number of likely N-dealkylation sites (tertiary alicyclic amines) is 1. The zero-order valence-electron chi connectivity index (χ0n) is 15.8. The number of phenols is 1. The summed E-state index contributed by atoms with van der Waals surface area (Å²) in [6, 6.07) is 13.6. The number of carbonyl (C=O) groups excluding carboxylic acids is 1. The molecule has 0 aromatic heterocycles. The number of nitrogens with one attached hydrogen (secondary N) is 1. The molecule has 0 aliphatic carbocycles. The second kappa shape index (κ2) is 9.02. The monoisotopic (exact) mass is 368 g/mol. The lowest BCUT2D eigenvalue weighted by molar-refractivity contribution is 0.0852. The quantitative estimate of drug-likeness (QED) is 0.732.